The van der Waals surface area contributed by atoms with Crippen LogP contribution in [0.3, 0.4) is 0 Å². The quantitative estimate of drug-likeness (QED) is 0.559. The molecule has 50 valence electrons. The van der Waals surface area contributed by atoms with Gasteiger partial charge in [-0.2, -0.15) is 0 Å². The third kappa shape index (κ3) is 5.95. The first-order valence-electron chi connectivity index (χ1n) is 2.59. The van der Waals surface area contributed by atoms with Gasteiger partial charge >= 0.3 is 0 Å². The zero-order valence-corrected chi connectivity index (χ0v) is 6.33. The van der Waals surface area contributed by atoms with Gasteiger partial charge < -0.3 is 0 Å². The fourth-order valence-electron chi connectivity index (χ4n) is 0.605. The Kier molecular flexibility index (Phi) is 2.47. The number of hydrogen-bond acceptors (Lipinski definition) is 2. The van der Waals surface area contributed by atoms with Crippen LogP contribution in [0.1, 0.15) is 13.8 Å². The summed E-state index contributed by atoms with van der Waals surface area (Å²) >= 11 is 0. The van der Waals surface area contributed by atoms with Crippen LogP contribution >= 0.6 is 0 Å². The van der Waals surface area contributed by atoms with Gasteiger partial charge in [0.1, 0.15) is 9.84 Å². The smallest absolute Gasteiger partial charge is 0.147 e. The SMILES string of the molecule is CC(C)CS(C)(=O)=O. The van der Waals surface area contributed by atoms with Gasteiger partial charge in [0.15, 0.2) is 0 Å². The predicted octanol–water partition coefficient (Wildman–Crippen LogP) is 0.687. The highest BCUT2D eigenvalue weighted by molar-refractivity contribution is 7.90. The van der Waals surface area contributed by atoms with Crippen molar-refractivity contribution in [2.24, 2.45) is 5.92 Å². The zero-order valence-electron chi connectivity index (χ0n) is 5.51. The van der Waals surface area contributed by atoms with E-state index in [0.29, 0.717) is 5.75 Å². The van der Waals surface area contributed by atoms with Crippen LogP contribution in [0.2, 0.25) is 0 Å². The van der Waals surface area contributed by atoms with Crippen molar-refractivity contribution in [2.45, 2.75) is 13.8 Å². The summed E-state index contributed by atoms with van der Waals surface area (Å²) in [5.41, 5.74) is 0. The lowest BCUT2D eigenvalue weighted by Crippen LogP contribution is -2.08. The highest BCUT2D eigenvalue weighted by Gasteiger charge is 2.03. The number of hydrogen-bond donors (Lipinski definition) is 0. The molecular formula is C5H12O2S. The predicted molar refractivity (Wildman–Crippen MR) is 34.5 cm³/mol. The molecule has 0 aromatic heterocycles. The van der Waals surface area contributed by atoms with E-state index in [1.807, 2.05) is 13.8 Å². The minimum Gasteiger partial charge on any atom is -0.229 e. The molecule has 0 N–H and O–H groups in total. The molecule has 0 saturated carbocycles. The van der Waals surface area contributed by atoms with Crippen molar-refractivity contribution in [2.75, 3.05) is 12.0 Å². The van der Waals surface area contributed by atoms with E-state index in [9.17, 15) is 8.42 Å². The summed E-state index contributed by atoms with van der Waals surface area (Å²) in [5.74, 6) is 0.553. The minimum atomic E-state index is -2.72. The van der Waals surface area contributed by atoms with E-state index in [-0.39, 0.29) is 5.92 Å². The van der Waals surface area contributed by atoms with Gasteiger partial charge in [-0.3, -0.25) is 0 Å². The normalized spacial score (nSPS) is 12.5. The number of sulfone groups is 1. The Labute approximate surface area is 50.8 Å². The van der Waals surface area contributed by atoms with Crippen LogP contribution in [0.25, 0.3) is 0 Å². The first-order valence-corrected chi connectivity index (χ1v) is 4.65. The Balaban J connectivity index is 3.75. The molecule has 0 rings (SSSR count). The summed E-state index contributed by atoms with van der Waals surface area (Å²) in [4.78, 5) is 0. The van der Waals surface area contributed by atoms with E-state index in [4.69, 9.17) is 0 Å². The molecule has 0 fully saturated rings. The molecular weight excluding hydrogens is 124 g/mol. The zero-order chi connectivity index (χ0) is 6.78. The third-order valence-electron chi connectivity index (χ3n) is 0.636. The third-order valence-corrected chi connectivity index (χ3v) is 1.91. The van der Waals surface area contributed by atoms with Crippen molar-refractivity contribution in [3.63, 3.8) is 0 Å². The second-order valence-electron chi connectivity index (χ2n) is 2.49. The van der Waals surface area contributed by atoms with Gasteiger partial charge in [-0.05, 0) is 5.92 Å². The minimum absolute atomic E-state index is 0.255. The Bertz CT molecular complexity index is 144. The fourth-order valence-corrected chi connectivity index (χ4v) is 1.82. The van der Waals surface area contributed by atoms with Crippen molar-refractivity contribution in [3.8, 4) is 0 Å². The molecule has 0 aliphatic heterocycles. The van der Waals surface area contributed by atoms with Crippen molar-refractivity contribution in [1.82, 2.24) is 0 Å². The van der Waals surface area contributed by atoms with E-state index in [2.05, 4.69) is 0 Å². The summed E-state index contributed by atoms with van der Waals surface area (Å²) in [6.45, 7) is 3.78. The molecule has 0 atom stereocenters. The highest BCUT2D eigenvalue weighted by Crippen LogP contribution is 1.95. The molecule has 2 nitrogen and oxygen atoms in total. The average Bonchev–Trinajstić information content (AvgIpc) is 1.21. The summed E-state index contributed by atoms with van der Waals surface area (Å²) < 4.78 is 20.9. The maximum atomic E-state index is 10.4. The monoisotopic (exact) mass is 136 g/mol. The largest absolute Gasteiger partial charge is 0.229 e. The van der Waals surface area contributed by atoms with E-state index in [1.54, 1.807) is 0 Å². The second kappa shape index (κ2) is 2.49. The van der Waals surface area contributed by atoms with Crippen LogP contribution in [0, 0.1) is 5.92 Å². The molecule has 8 heavy (non-hydrogen) atoms. The van der Waals surface area contributed by atoms with Crippen LogP contribution in [-0.4, -0.2) is 20.4 Å². The molecule has 0 aliphatic carbocycles. The van der Waals surface area contributed by atoms with Crippen LogP contribution in [0.4, 0.5) is 0 Å². The summed E-state index contributed by atoms with van der Waals surface area (Å²) in [7, 11) is -2.72. The maximum absolute atomic E-state index is 10.4. The Morgan fingerprint density at radius 2 is 1.75 bits per heavy atom. The molecule has 0 amide bonds. The van der Waals surface area contributed by atoms with E-state index >= 15 is 0 Å². The summed E-state index contributed by atoms with van der Waals surface area (Å²) in [5, 5.41) is 0. The number of rotatable bonds is 2. The van der Waals surface area contributed by atoms with Gasteiger partial charge in [0, 0.05) is 6.26 Å². The fraction of sp³-hybridized carbons (Fsp3) is 1.00. The lowest BCUT2D eigenvalue weighted by Gasteiger charge is -1.98. The van der Waals surface area contributed by atoms with Crippen LogP contribution in [0.15, 0.2) is 0 Å². The molecule has 0 aromatic rings. The molecule has 0 radical (unpaired) electrons. The molecule has 0 bridgehead atoms. The van der Waals surface area contributed by atoms with Crippen molar-refractivity contribution >= 4 is 9.84 Å². The van der Waals surface area contributed by atoms with Gasteiger partial charge in [-0.25, -0.2) is 8.42 Å². The summed E-state index contributed by atoms with van der Waals surface area (Å²) in [6, 6.07) is 0. The average molecular weight is 136 g/mol. The van der Waals surface area contributed by atoms with Gasteiger partial charge in [0.2, 0.25) is 0 Å². The first kappa shape index (κ1) is 7.95. The van der Waals surface area contributed by atoms with E-state index in [1.165, 1.54) is 6.26 Å². The highest BCUT2D eigenvalue weighted by atomic mass is 32.2. The van der Waals surface area contributed by atoms with Crippen LogP contribution in [-0.2, 0) is 9.84 Å². The Hall–Kier alpha value is -0.0500. The van der Waals surface area contributed by atoms with Crippen LogP contribution < -0.4 is 0 Å². The van der Waals surface area contributed by atoms with Crippen molar-refractivity contribution in [1.29, 1.82) is 0 Å². The van der Waals surface area contributed by atoms with Crippen molar-refractivity contribution in [3.05, 3.63) is 0 Å². The molecule has 0 spiro atoms. The molecule has 0 saturated heterocycles. The maximum Gasteiger partial charge on any atom is 0.147 e. The van der Waals surface area contributed by atoms with E-state index in [0.717, 1.165) is 0 Å². The molecule has 3 heteroatoms. The summed E-state index contributed by atoms with van der Waals surface area (Å²) in [6.07, 6.45) is 1.26. The van der Waals surface area contributed by atoms with Gasteiger partial charge in [0.05, 0.1) is 5.75 Å². The Morgan fingerprint density at radius 3 is 1.75 bits per heavy atom. The second-order valence-corrected chi connectivity index (χ2v) is 4.67. The Morgan fingerprint density at radius 1 is 1.38 bits per heavy atom. The van der Waals surface area contributed by atoms with E-state index < -0.39 is 9.84 Å². The van der Waals surface area contributed by atoms with Gasteiger partial charge in [0.25, 0.3) is 0 Å². The van der Waals surface area contributed by atoms with Crippen LogP contribution in [0.5, 0.6) is 0 Å². The lowest BCUT2D eigenvalue weighted by atomic mass is 10.3. The molecule has 0 aliphatic rings. The topological polar surface area (TPSA) is 34.1 Å². The van der Waals surface area contributed by atoms with Gasteiger partial charge in [-0.1, -0.05) is 13.8 Å². The van der Waals surface area contributed by atoms with Gasteiger partial charge in [-0.15, -0.1) is 0 Å². The molecule has 0 aromatic carbocycles. The molecule has 0 heterocycles. The first-order chi connectivity index (χ1) is 3.42. The standard InChI is InChI=1S/C5H12O2S/c1-5(2)4-8(3,6)7/h5H,4H2,1-3H3. The lowest BCUT2D eigenvalue weighted by molar-refractivity contribution is 0.588. The van der Waals surface area contributed by atoms with Crippen molar-refractivity contribution < 1.29 is 8.42 Å². The molecule has 0 unspecified atom stereocenters.